The van der Waals surface area contributed by atoms with Gasteiger partial charge in [0.25, 0.3) is 0 Å². The molecule has 2 heterocycles. The van der Waals surface area contributed by atoms with Crippen LogP contribution in [0.25, 0.3) is 0 Å². The fourth-order valence-corrected chi connectivity index (χ4v) is 2.25. The van der Waals surface area contributed by atoms with Crippen molar-refractivity contribution in [2.45, 2.75) is 47.0 Å². The van der Waals surface area contributed by atoms with Crippen molar-refractivity contribution in [2.24, 2.45) is 0 Å². The van der Waals surface area contributed by atoms with Crippen molar-refractivity contribution in [1.29, 1.82) is 0 Å². The molecule has 2 amide bonds. The number of hydrogen-bond donors (Lipinski definition) is 1. The van der Waals surface area contributed by atoms with E-state index in [0.717, 1.165) is 18.8 Å². The number of hydrogen-bond acceptors (Lipinski definition) is 3. The maximum atomic E-state index is 10.7. The lowest BCUT2D eigenvalue weighted by atomic mass is 10.1. The van der Waals surface area contributed by atoms with E-state index in [1.54, 1.807) is 19.3 Å². The normalized spacial score (nSPS) is 11.9. The molecule has 0 saturated carbocycles. The van der Waals surface area contributed by atoms with E-state index in [1.807, 2.05) is 67.3 Å². The highest BCUT2D eigenvalue weighted by Gasteiger charge is 2.10. The molecule has 5 heteroatoms. The summed E-state index contributed by atoms with van der Waals surface area (Å²) in [7, 11) is 0. The molecule has 3 rings (SSSR count). The molecule has 0 aliphatic carbocycles. The molecule has 0 unspecified atom stereocenters. The van der Waals surface area contributed by atoms with Crippen LogP contribution in [-0.2, 0) is 9.59 Å². The number of nitrogens with zero attached hydrogens (tertiary/aromatic N) is 2. The van der Waals surface area contributed by atoms with Crippen molar-refractivity contribution in [1.82, 2.24) is 9.88 Å². The van der Waals surface area contributed by atoms with Gasteiger partial charge in [0.05, 0.1) is 0 Å². The number of para-hydroxylation sites is 1. The average molecular weight is 372 g/mol. The largest absolute Gasteiger partial charge is 0.343 e. The standard InChI is InChI=1S/C8H9NO.C7H13NO.C5H5N.C2H6/c1-7(10)9-8-5-3-2-4-6-8;1-7(9)8-5-3-2-4-6-8;1-2-4-6-5-3-1;1-2/h2-6H,1H3,(H,9,10);2-6H2,1H3;1-5H;1-2H3. The van der Waals surface area contributed by atoms with Gasteiger partial charge in [-0.2, -0.15) is 0 Å². The van der Waals surface area contributed by atoms with Crippen molar-refractivity contribution < 1.29 is 9.59 Å². The summed E-state index contributed by atoms with van der Waals surface area (Å²) in [5.74, 6) is 0.195. The van der Waals surface area contributed by atoms with E-state index < -0.39 is 0 Å². The number of likely N-dealkylation sites (tertiary alicyclic amines) is 1. The number of amides is 2. The third-order valence-electron chi connectivity index (χ3n) is 3.46. The van der Waals surface area contributed by atoms with Crippen LogP contribution >= 0.6 is 0 Å². The second-order valence-corrected chi connectivity index (χ2v) is 5.64. The zero-order chi connectivity index (χ0) is 20.3. The van der Waals surface area contributed by atoms with Gasteiger partial charge in [-0.3, -0.25) is 14.6 Å². The van der Waals surface area contributed by atoms with Gasteiger partial charge in [-0.1, -0.05) is 38.1 Å². The molecule has 0 bridgehead atoms. The lowest BCUT2D eigenvalue weighted by Gasteiger charge is -2.24. The second-order valence-electron chi connectivity index (χ2n) is 5.64. The zero-order valence-electron chi connectivity index (χ0n) is 17.0. The minimum Gasteiger partial charge on any atom is -0.343 e. The summed E-state index contributed by atoms with van der Waals surface area (Å²) in [6, 6.07) is 15.1. The van der Waals surface area contributed by atoms with Crippen LogP contribution in [0.3, 0.4) is 0 Å². The second kappa shape index (κ2) is 16.8. The van der Waals surface area contributed by atoms with Crippen molar-refractivity contribution in [3.8, 4) is 0 Å². The van der Waals surface area contributed by atoms with Gasteiger partial charge < -0.3 is 10.2 Å². The smallest absolute Gasteiger partial charge is 0.221 e. The third-order valence-corrected chi connectivity index (χ3v) is 3.46. The van der Waals surface area contributed by atoms with Crippen LogP contribution in [0.1, 0.15) is 47.0 Å². The van der Waals surface area contributed by atoms with E-state index in [9.17, 15) is 9.59 Å². The van der Waals surface area contributed by atoms with Gasteiger partial charge in [-0.15, -0.1) is 0 Å². The first-order valence-corrected chi connectivity index (χ1v) is 9.52. The molecule has 148 valence electrons. The molecule has 1 fully saturated rings. The lowest BCUT2D eigenvalue weighted by Crippen LogP contribution is -2.33. The topological polar surface area (TPSA) is 62.3 Å². The molecule has 0 spiro atoms. The Labute approximate surface area is 163 Å². The Morgan fingerprint density at radius 2 is 1.37 bits per heavy atom. The van der Waals surface area contributed by atoms with E-state index >= 15 is 0 Å². The molecular formula is C22H33N3O2. The van der Waals surface area contributed by atoms with E-state index in [1.165, 1.54) is 26.2 Å². The summed E-state index contributed by atoms with van der Waals surface area (Å²) in [6.45, 7) is 9.10. The number of rotatable bonds is 1. The molecule has 0 radical (unpaired) electrons. The van der Waals surface area contributed by atoms with Crippen molar-refractivity contribution >= 4 is 17.5 Å². The molecule has 1 N–H and O–H groups in total. The number of piperidine rings is 1. The zero-order valence-corrected chi connectivity index (χ0v) is 17.0. The number of carbonyl (C=O) groups is 2. The molecule has 1 saturated heterocycles. The fourth-order valence-electron chi connectivity index (χ4n) is 2.25. The van der Waals surface area contributed by atoms with Crippen molar-refractivity contribution in [2.75, 3.05) is 18.4 Å². The first-order valence-electron chi connectivity index (χ1n) is 9.52. The Balaban J connectivity index is 0.000000368. The van der Waals surface area contributed by atoms with E-state index in [4.69, 9.17) is 0 Å². The van der Waals surface area contributed by atoms with Crippen LogP contribution in [-0.4, -0.2) is 34.8 Å². The lowest BCUT2D eigenvalue weighted by molar-refractivity contribution is -0.129. The average Bonchev–Trinajstić information content (AvgIpc) is 2.73. The predicted molar refractivity (Wildman–Crippen MR) is 112 cm³/mol. The Bertz CT molecular complexity index is 571. The number of benzene rings is 1. The SMILES string of the molecule is CC.CC(=O)N1CCCCC1.CC(=O)Nc1ccccc1.c1ccncc1. The van der Waals surface area contributed by atoms with Gasteiger partial charge in [-0.25, -0.2) is 0 Å². The highest BCUT2D eigenvalue weighted by molar-refractivity contribution is 5.88. The highest BCUT2D eigenvalue weighted by Crippen LogP contribution is 2.07. The third kappa shape index (κ3) is 14.2. The molecule has 1 aliphatic rings. The summed E-state index contributed by atoms with van der Waals surface area (Å²) >= 11 is 0. The summed E-state index contributed by atoms with van der Waals surface area (Å²) in [6.07, 6.45) is 7.18. The quantitative estimate of drug-likeness (QED) is 0.785. The Hall–Kier alpha value is -2.69. The van der Waals surface area contributed by atoms with E-state index in [2.05, 4.69) is 10.3 Å². The first kappa shape index (κ1) is 24.3. The first-order chi connectivity index (χ1) is 13.1. The number of anilines is 1. The molecule has 1 aromatic heterocycles. The number of pyridine rings is 1. The monoisotopic (exact) mass is 371 g/mol. The van der Waals surface area contributed by atoms with Gasteiger partial charge >= 0.3 is 0 Å². The summed E-state index contributed by atoms with van der Waals surface area (Å²) in [4.78, 5) is 26.9. The van der Waals surface area contributed by atoms with Crippen LogP contribution < -0.4 is 5.32 Å². The maximum absolute atomic E-state index is 10.7. The molecule has 1 aliphatic heterocycles. The van der Waals surface area contributed by atoms with Gasteiger partial charge in [0.1, 0.15) is 0 Å². The van der Waals surface area contributed by atoms with E-state index in [-0.39, 0.29) is 11.8 Å². The maximum Gasteiger partial charge on any atom is 0.221 e. The Morgan fingerprint density at radius 3 is 1.70 bits per heavy atom. The summed E-state index contributed by atoms with van der Waals surface area (Å²) < 4.78 is 0. The number of nitrogens with one attached hydrogen (secondary N) is 1. The fraction of sp³-hybridized carbons (Fsp3) is 0.409. The minimum absolute atomic E-state index is 0.0359. The Kier molecular flexibility index (Phi) is 15.1. The number of carbonyl (C=O) groups excluding carboxylic acids is 2. The molecule has 0 atom stereocenters. The van der Waals surface area contributed by atoms with E-state index in [0.29, 0.717) is 0 Å². The molecule has 5 nitrogen and oxygen atoms in total. The molecule has 1 aromatic carbocycles. The van der Waals surface area contributed by atoms with Crippen molar-refractivity contribution in [3.05, 3.63) is 60.9 Å². The van der Waals surface area contributed by atoms with Gasteiger partial charge in [0, 0.05) is 45.0 Å². The van der Waals surface area contributed by atoms with Gasteiger partial charge in [-0.05, 0) is 43.5 Å². The van der Waals surface area contributed by atoms with Crippen LogP contribution in [0.4, 0.5) is 5.69 Å². The molecular weight excluding hydrogens is 338 g/mol. The van der Waals surface area contributed by atoms with Crippen LogP contribution in [0.15, 0.2) is 60.9 Å². The van der Waals surface area contributed by atoms with Gasteiger partial charge in [0.2, 0.25) is 11.8 Å². The van der Waals surface area contributed by atoms with Crippen molar-refractivity contribution in [3.63, 3.8) is 0 Å². The van der Waals surface area contributed by atoms with Crippen LogP contribution in [0.2, 0.25) is 0 Å². The highest BCUT2D eigenvalue weighted by atomic mass is 16.2. The minimum atomic E-state index is -0.0359. The van der Waals surface area contributed by atoms with Crippen LogP contribution in [0, 0.1) is 0 Å². The molecule has 2 aromatic rings. The predicted octanol–water partition coefficient (Wildman–Crippen LogP) is 4.77. The number of aromatic nitrogens is 1. The van der Waals surface area contributed by atoms with Crippen LogP contribution in [0.5, 0.6) is 0 Å². The summed E-state index contributed by atoms with van der Waals surface area (Å²) in [5.41, 5.74) is 0.843. The summed E-state index contributed by atoms with van der Waals surface area (Å²) in [5, 5.41) is 2.67. The van der Waals surface area contributed by atoms with Gasteiger partial charge in [0.15, 0.2) is 0 Å². The molecule has 27 heavy (non-hydrogen) atoms. The Morgan fingerprint density at radius 1 is 0.852 bits per heavy atom.